The summed E-state index contributed by atoms with van der Waals surface area (Å²) in [6, 6.07) is 13.5. The van der Waals surface area contributed by atoms with Crippen LogP contribution in [0.5, 0.6) is 0 Å². The molecule has 0 radical (unpaired) electrons. The average molecular weight is 392 g/mol. The maximum absolute atomic E-state index is 11.8. The molecule has 0 heterocycles. The summed E-state index contributed by atoms with van der Waals surface area (Å²) in [6.07, 6.45) is -0.332. The highest BCUT2D eigenvalue weighted by molar-refractivity contribution is 6.30. The first-order chi connectivity index (χ1) is 12.8. The van der Waals surface area contributed by atoms with Crippen LogP contribution in [0.25, 0.3) is 0 Å². The summed E-state index contributed by atoms with van der Waals surface area (Å²) in [5.41, 5.74) is 1.91. The van der Waals surface area contributed by atoms with Crippen molar-refractivity contribution in [1.82, 2.24) is 0 Å². The molecule has 0 unspecified atom stereocenters. The molecule has 142 valence electrons. The minimum absolute atomic E-state index is 0.108. The number of carboxylic acid groups (broad SMARTS) is 2. The van der Waals surface area contributed by atoms with Crippen LogP contribution >= 0.6 is 11.6 Å². The van der Waals surface area contributed by atoms with Crippen molar-refractivity contribution in [3.8, 4) is 0 Å². The molecule has 2 aromatic rings. The van der Waals surface area contributed by atoms with Gasteiger partial charge in [-0.15, -0.1) is 0 Å². The lowest BCUT2D eigenvalue weighted by Crippen LogP contribution is -2.25. The van der Waals surface area contributed by atoms with Crippen LogP contribution in [0.4, 0.5) is 10.5 Å². The third-order valence-corrected chi connectivity index (χ3v) is 3.96. The number of benzene rings is 2. The van der Waals surface area contributed by atoms with Gasteiger partial charge in [-0.05, 0) is 35.7 Å². The van der Waals surface area contributed by atoms with Gasteiger partial charge in [0.05, 0.1) is 6.61 Å². The first-order valence-corrected chi connectivity index (χ1v) is 8.45. The Morgan fingerprint density at radius 3 is 2.33 bits per heavy atom. The molecule has 0 aliphatic heterocycles. The normalized spacial score (nSPS) is 10.4. The van der Waals surface area contributed by atoms with Gasteiger partial charge in [-0.3, -0.25) is 14.9 Å². The van der Waals surface area contributed by atoms with Gasteiger partial charge in [0.2, 0.25) is 0 Å². The first kappa shape index (κ1) is 20.3. The van der Waals surface area contributed by atoms with Gasteiger partial charge in [0.15, 0.2) is 5.92 Å². The Hall–Kier alpha value is -3.06. The number of carboxylic acids is 2. The van der Waals surface area contributed by atoms with Crippen molar-refractivity contribution < 1.29 is 29.3 Å². The Morgan fingerprint density at radius 1 is 1.00 bits per heavy atom. The fraction of sp³-hybridized carbons (Fsp3) is 0.211. The quantitative estimate of drug-likeness (QED) is 0.594. The lowest BCUT2D eigenvalue weighted by molar-refractivity contribution is -0.154. The van der Waals surface area contributed by atoms with Gasteiger partial charge < -0.3 is 14.9 Å². The molecule has 7 nitrogen and oxygen atoms in total. The zero-order valence-corrected chi connectivity index (χ0v) is 15.0. The third kappa shape index (κ3) is 6.63. The molecule has 0 atom stereocenters. The molecule has 2 rings (SSSR count). The number of rotatable bonds is 8. The largest absolute Gasteiger partial charge is 0.481 e. The van der Waals surface area contributed by atoms with Crippen molar-refractivity contribution in [2.75, 3.05) is 11.9 Å². The average Bonchev–Trinajstić information content (AvgIpc) is 2.59. The molecule has 27 heavy (non-hydrogen) atoms. The number of ether oxygens (including phenoxy) is 1. The maximum Gasteiger partial charge on any atom is 0.411 e. The molecule has 1 amide bonds. The molecule has 0 bridgehead atoms. The lowest BCUT2D eigenvalue weighted by atomic mass is 9.97. The summed E-state index contributed by atoms with van der Waals surface area (Å²) >= 11 is 5.84. The number of halogens is 1. The van der Waals surface area contributed by atoms with Crippen LogP contribution in [0, 0.1) is 5.92 Å². The lowest BCUT2D eigenvalue weighted by Gasteiger charge is -2.10. The molecule has 0 aliphatic rings. The summed E-state index contributed by atoms with van der Waals surface area (Å²) in [5, 5.41) is 21.0. The van der Waals surface area contributed by atoms with Crippen molar-refractivity contribution in [2.24, 2.45) is 5.92 Å². The second-order valence-corrected chi connectivity index (χ2v) is 6.21. The highest BCUT2D eigenvalue weighted by atomic mass is 35.5. The van der Waals surface area contributed by atoms with E-state index in [4.69, 9.17) is 26.6 Å². The van der Waals surface area contributed by atoms with Gasteiger partial charge in [0.25, 0.3) is 0 Å². The topological polar surface area (TPSA) is 113 Å². The van der Waals surface area contributed by atoms with Crippen molar-refractivity contribution in [2.45, 2.75) is 12.8 Å². The standard InChI is InChI=1S/C19H18ClNO6/c20-14-5-2-6-15(11-14)21-19(26)27-8-7-12-3-1-4-13(9-12)10-16(17(22)23)18(24)25/h1-6,9,11,16H,7-8,10H2,(H,21,26)(H,22,23)(H,24,25). The van der Waals surface area contributed by atoms with Crippen LogP contribution in [0.1, 0.15) is 11.1 Å². The predicted octanol–water partition coefficient (Wildman–Crippen LogP) is 3.46. The maximum atomic E-state index is 11.8. The fourth-order valence-electron chi connectivity index (χ4n) is 2.41. The Kier molecular flexibility index (Phi) is 7.19. The number of hydrogen-bond acceptors (Lipinski definition) is 4. The van der Waals surface area contributed by atoms with E-state index in [1.807, 2.05) is 0 Å². The van der Waals surface area contributed by atoms with Crippen LogP contribution in [0.15, 0.2) is 48.5 Å². The summed E-state index contributed by atoms with van der Waals surface area (Å²) in [6.45, 7) is 0.108. The second-order valence-electron chi connectivity index (χ2n) is 5.77. The molecular formula is C19H18ClNO6. The molecule has 0 fully saturated rings. The van der Waals surface area contributed by atoms with E-state index in [0.29, 0.717) is 22.7 Å². The molecule has 0 saturated heterocycles. The molecule has 0 saturated carbocycles. The Morgan fingerprint density at radius 2 is 1.67 bits per heavy atom. The second kappa shape index (κ2) is 9.59. The highest BCUT2D eigenvalue weighted by Crippen LogP contribution is 2.15. The summed E-state index contributed by atoms with van der Waals surface area (Å²) < 4.78 is 5.11. The Balaban J connectivity index is 1.86. The van der Waals surface area contributed by atoms with E-state index in [0.717, 1.165) is 5.56 Å². The van der Waals surface area contributed by atoms with Crippen LogP contribution in [-0.4, -0.2) is 34.9 Å². The predicted molar refractivity (Wildman–Crippen MR) is 99.0 cm³/mol. The number of aliphatic carboxylic acids is 2. The van der Waals surface area contributed by atoms with E-state index in [1.54, 1.807) is 48.5 Å². The Bertz CT molecular complexity index is 824. The zero-order valence-electron chi connectivity index (χ0n) is 14.2. The van der Waals surface area contributed by atoms with Gasteiger partial charge in [0, 0.05) is 17.1 Å². The van der Waals surface area contributed by atoms with Crippen molar-refractivity contribution in [1.29, 1.82) is 0 Å². The first-order valence-electron chi connectivity index (χ1n) is 8.08. The van der Waals surface area contributed by atoms with Crippen LogP contribution in [0.2, 0.25) is 5.02 Å². The van der Waals surface area contributed by atoms with Crippen molar-refractivity contribution in [3.63, 3.8) is 0 Å². The molecule has 3 N–H and O–H groups in total. The van der Waals surface area contributed by atoms with Crippen molar-refractivity contribution >= 4 is 35.3 Å². The summed E-state index contributed by atoms with van der Waals surface area (Å²) in [5.74, 6) is -4.26. The number of nitrogens with one attached hydrogen (secondary N) is 1. The van der Waals surface area contributed by atoms with Gasteiger partial charge in [-0.25, -0.2) is 4.79 Å². The number of carbonyl (C=O) groups excluding carboxylic acids is 1. The zero-order chi connectivity index (χ0) is 19.8. The molecule has 8 heteroatoms. The van der Waals surface area contributed by atoms with Gasteiger partial charge in [-0.1, -0.05) is 41.9 Å². The van der Waals surface area contributed by atoms with E-state index >= 15 is 0 Å². The van der Waals surface area contributed by atoms with E-state index < -0.39 is 23.9 Å². The molecule has 0 aliphatic carbocycles. The van der Waals surface area contributed by atoms with Gasteiger partial charge in [-0.2, -0.15) is 0 Å². The van der Waals surface area contributed by atoms with E-state index in [-0.39, 0.29) is 13.0 Å². The molecule has 2 aromatic carbocycles. The monoisotopic (exact) mass is 391 g/mol. The highest BCUT2D eigenvalue weighted by Gasteiger charge is 2.25. The van der Waals surface area contributed by atoms with E-state index in [9.17, 15) is 14.4 Å². The Labute approximate surface area is 160 Å². The van der Waals surface area contributed by atoms with Crippen LogP contribution < -0.4 is 5.32 Å². The fourth-order valence-corrected chi connectivity index (χ4v) is 2.60. The van der Waals surface area contributed by atoms with Crippen LogP contribution in [0.3, 0.4) is 0 Å². The molecular weight excluding hydrogens is 374 g/mol. The number of hydrogen-bond donors (Lipinski definition) is 3. The smallest absolute Gasteiger partial charge is 0.411 e. The molecule has 0 aromatic heterocycles. The number of anilines is 1. The minimum Gasteiger partial charge on any atom is -0.481 e. The van der Waals surface area contributed by atoms with Crippen molar-refractivity contribution in [3.05, 3.63) is 64.7 Å². The van der Waals surface area contributed by atoms with Gasteiger partial charge >= 0.3 is 18.0 Å². The third-order valence-electron chi connectivity index (χ3n) is 3.72. The number of carbonyl (C=O) groups is 3. The SMILES string of the molecule is O=C(Nc1cccc(Cl)c1)OCCc1cccc(CC(C(=O)O)C(=O)O)c1. The van der Waals surface area contributed by atoms with Crippen LogP contribution in [-0.2, 0) is 27.2 Å². The van der Waals surface area contributed by atoms with Gasteiger partial charge in [0.1, 0.15) is 0 Å². The minimum atomic E-state index is -1.50. The number of amides is 1. The van der Waals surface area contributed by atoms with E-state index in [2.05, 4.69) is 5.32 Å². The summed E-state index contributed by atoms with van der Waals surface area (Å²) in [7, 11) is 0. The van der Waals surface area contributed by atoms with E-state index in [1.165, 1.54) is 0 Å². The summed E-state index contributed by atoms with van der Waals surface area (Å²) in [4.78, 5) is 33.8. The molecule has 0 spiro atoms.